The monoisotopic (exact) mass is 248 g/mol. The average Bonchev–Trinajstić information content (AvgIpc) is 2.39. The van der Waals surface area contributed by atoms with Crippen LogP contribution in [0.5, 0.6) is 0 Å². The predicted molar refractivity (Wildman–Crippen MR) is 83.7 cm³/mol. The van der Waals surface area contributed by atoms with Crippen LogP contribution in [0.2, 0.25) is 0 Å². The van der Waals surface area contributed by atoms with E-state index < -0.39 is 0 Å². The Labute approximate surface area is 115 Å². The Morgan fingerprint density at radius 1 is 0.722 bits per heavy atom. The van der Waals surface area contributed by atoms with Crippen LogP contribution in [-0.4, -0.2) is 0 Å². The Morgan fingerprint density at radius 3 is 1.61 bits per heavy atom. The van der Waals surface area contributed by atoms with E-state index in [9.17, 15) is 0 Å². The highest BCUT2D eigenvalue weighted by molar-refractivity contribution is 5.11. The van der Waals surface area contributed by atoms with Crippen LogP contribution >= 0.6 is 0 Å². The SMILES string of the molecule is C=CC#CCCCCCCCCCCCCCC. The molecule has 0 heterocycles. The molecule has 0 aliphatic heterocycles. The van der Waals surface area contributed by atoms with Crippen molar-refractivity contribution in [2.24, 2.45) is 0 Å². The van der Waals surface area contributed by atoms with Crippen molar-refractivity contribution in [3.63, 3.8) is 0 Å². The van der Waals surface area contributed by atoms with Crippen LogP contribution < -0.4 is 0 Å². The first-order chi connectivity index (χ1) is 8.91. The van der Waals surface area contributed by atoms with E-state index in [2.05, 4.69) is 25.3 Å². The largest absolute Gasteiger partial charge is 0.0985 e. The molecule has 0 nitrogen and oxygen atoms in total. The van der Waals surface area contributed by atoms with E-state index in [0.29, 0.717) is 0 Å². The van der Waals surface area contributed by atoms with Gasteiger partial charge in [0.25, 0.3) is 0 Å². The normalized spacial score (nSPS) is 9.83. The quantitative estimate of drug-likeness (QED) is 0.282. The van der Waals surface area contributed by atoms with Crippen molar-refractivity contribution < 1.29 is 0 Å². The van der Waals surface area contributed by atoms with Gasteiger partial charge in [-0.3, -0.25) is 0 Å². The molecule has 0 saturated carbocycles. The van der Waals surface area contributed by atoms with E-state index >= 15 is 0 Å². The first kappa shape index (κ1) is 17.3. The molecule has 0 aromatic rings. The summed E-state index contributed by atoms with van der Waals surface area (Å²) in [6.45, 7) is 5.87. The van der Waals surface area contributed by atoms with E-state index in [1.165, 1.54) is 77.0 Å². The summed E-state index contributed by atoms with van der Waals surface area (Å²) < 4.78 is 0. The van der Waals surface area contributed by atoms with E-state index in [0.717, 1.165) is 6.42 Å². The van der Waals surface area contributed by atoms with E-state index in [1.54, 1.807) is 6.08 Å². The third-order valence-electron chi connectivity index (χ3n) is 3.36. The summed E-state index contributed by atoms with van der Waals surface area (Å²) in [6.07, 6.45) is 19.6. The van der Waals surface area contributed by atoms with Gasteiger partial charge in [-0.05, 0) is 12.5 Å². The van der Waals surface area contributed by atoms with Crippen molar-refractivity contribution in [1.29, 1.82) is 0 Å². The van der Waals surface area contributed by atoms with Crippen molar-refractivity contribution >= 4 is 0 Å². The van der Waals surface area contributed by atoms with Gasteiger partial charge in [0, 0.05) is 6.42 Å². The summed E-state index contributed by atoms with van der Waals surface area (Å²) in [5.41, 5.74) is 0. The number of hydrogen-bond acceptors (Lipinski definition) is 0. The third kappa shape index (κ3) is 15.3. The standard InChI is InChI=1S/C18H32/c1-3-5-7-9-11-13-15-17-18-16-14-12-10-8-6-4-2/h3H,1,4,6,8-18H2,2H3. The lowest BCUT2D eigenvalue weighted by atomic mass is 10.0. The van der Waals surface area contributed by atoms with Crippen molar-refractivity contribution in [2.45, 2.75) is 90.4 Å². The molecular weight excluding hydrogens is 216 g/mol. The maximum Gasteiger partial charge on any atom is 0.00922 e. The molecule has 0 aromatic carbocycles. The van der Waals surface area contributed by atoms with Gasteiger partial charge in [0.15, 0.2) is 0 Å². The summed E-state index contributed by atoms with van der Waals surface area (Å²) >= 11 is 0. The fourth-order valence-electron chi connectivity index (χ4n) is 2.20. The van der Waals surface area contributed by atoms with Crippen molar-refractivity contribution in [3.05, 3.63) is 12.7 Å². The van der Waals surface area contributed by atoms with Crippen LogP contribution in [0.15, 0.2) is 12.7 Å². The number of allylic oxidation sites excluding steroid dienone is 1. The van der Waals surface area contributed by atoms with Gasteiger partial charge in [0.1, 0.15) is 0 Å². The lowest BCUT2D eigenvalue weighted by Gasteiger charge is -2.01. The zero-order valence-corrected chi connectivity index (χ0v) is 12.5. The summed E-state index contributed by atoms with van der Waals surface area (Å²) in [6, 6.07) is 0. The lowest BCUT2D eigenvalue weighted by molar-refractivity contribution is 0.545. The van der Waals surface area contributed by atoms with Gasteiger partial charge in [-0.1, -0.05) is 96.0 Å². The molecular formula is C18H32. The summed E-state index contributed by atoms with van der Waals surface area (Å²) in [7, 11) is 0. The molecule has 0 rings (SSSR count). The highest BCUT2D eigenvalue weighted by Crippen LogP contribution is 2.12. The maximum atomic E-state index is 3.59. The Kier molecular flexibility index (Phi) is 15.7. The minimum Gasteiger partial charge on any atom is -0.0985 e. The van der Waals surface area contributed by atoms with E-state index in [-0.39, 0.29) is 0 Å². The minimum absolute atomic E-state index is 1.05. The number of rotatable bonds is 12. The van der Waals surface area contributed by atoms with E-state index in [4.69, 9.17) is 0 Å². The van der Waals surface area contributed by atoms with Crippen molar-refractivity contribution in [1.82, 2.24) is 0 Å². The minimum atomic E-state index is 1.05. The average molecular weight is 248 g/mol. The lowest BCUT2D eigenvalue weighted by Crippen LogP contribution is -1.82. The van der Waals surface area contributed by atoms with Gasteiger partial charge in [0.2, 0.25) is 0 Å². The predicted octanol–water partition coefficient (Wildman–Crippen LogP) is 6.27. The second-order valence-electron chi connectivity index (χ2n) is 5.16. The van der Waals surface area contributed by atoms with Gasteiger partial charge in [0.05, 0.1) is 0 Å². The van der Waals surface area contributed by atoms with Gasteiger partial charge >= 0.3 is 0 Å². The molecule has 0 spiro atoms. The molecule has 0 amide bonds. The molecule has 18 heavy (non-hydrogen) atoms. The Hall–Kier alpha value is -0.700. The van der Waals surface area contributed by atoms with Gasteiger partial charge in [-0.25, -0.2) is 0 Å². The fourth-order valence-corrected chi connectivity index (χ4v) is 2.20. The molecule has 0 aliphatic rings. The summed E-state index contributed by atoms with van der Waals surface area (Å²) in [5.74, 6) is 6.00. The molecule has 0 atom stereocenters. The highest BCUT2D eigenvalue weighted by Gasteiger charge is 1.92. The molecule has 0 fully saturated rings. The van der Waals surface area contributed by atoms with E-state index in [1.807, 2.05) is 0 Å². The molecule has 0 unspecified atom stereocenters. The molecule has 0 aliphatic carbocycles. The van der Waals surface area contributed by atoms with Gasteiger partial charge in [-0.15, -0.1) is 0 Å². The highest BCUT2D eigenvalue weighted by atomic mass is 14.0. The third-order valence-corrected chi connectivity index (χ3v) is 3.36. The molecule has 0 bridgehead atoms. The number of unbranched alkanes of at least 4 members (excludes halogenated alkanes) is 12. The Balaban J connectivity index is 2.96. The topological polar surface area (TPSA) is 0 Å². The first-order valence-electron chi connectivity index (χ1n) is 8.01. The van der Waals surface area contributed by atoms with Crippen LogP contribution in [0.3, 0.4) is 0 Å². The van der Waals surface area contributed by atoms with Crippen molar-refractivity contribution in [2.75, 3.05) is 0 Å². The van der Waals surface area contributed by atoms with Crippen LogP contribution in [0.4, 0.5) is 0 Å². The molecule has 0 N–H and O–H groups in total. The summed E-state index contributed by atoms with van der Waals surface area (Å²) in [5, 5.41) is 0. The zero-order chi connectivity index (χ0) is 13.3. The van der Waals surface area contributed by atoms with Crippen molar-refractivity contribution in [3.8, 4) is 11.8 Å². The molecule has 0 heteroatoms. The van der Waals surface area contributed by atoms with Crippen LogP contribution in [0.25, 0.3) is 0 Å². The van der Waals surface area contributed by atoms with Gasteiger partial charge < -0.3 is 0 Å². The van der Waals surface area contributed by atoms with Crippen LogP contribution in [-0.2, 0) is 0 Å². The van der Waals surface area contributed by atoms with Gasteiger partial charge in [-0.2, -0.15) is 0 Å². The second-order valence-corrected chi connectivity index (χ2v) is 5.16. The molecule has 0 radical (unpaired) electrons. The maximum absolute atomic E-state index is 3.59. The molecule has 0 aromatic heterocycles. The Bertz CT molecular complexity index is 216. The zero-order valence-electron chi connectivity index (χ0n) is 12.5. The fraction of sp³-hybridized carbons (Fsp3) is 0.778. The molecule has 104 valence electrons. The second kappa shape index (κ2) is 16.3. The Morgan fingerprint density at radius 2 is 1.17 bits per heavy atom. The summed E-state index contributed by atoms with van der Waals surface area (Å²) in [4.78, 5) is 0. The first-order valence-corrected chi connectivity index (χ1v) is 8.01. The number of hydrogen-bond donors (Lipinski definition) is 0. The molecule has 0 saturated heterocycles. The van der Waals surface area contributed by atoms with Crippen LogP contribution in [0, 0.1) is 11.8 Å². The smallest absolute Gasteiger partial charge is 0.00922 e. The van der Waals surface area contributed by atoms with Crippen LogP contribution in [0.1, 0.15) is 90.4 Å².